The van der Waals surface area contributed by atoms with E-state index in [9.17, 15) is 0 Å². The first-order valence-electron chi connectivity index (χ1n) is 6.87. The minimum absolute atomic E-state index is 0.269. The zero-order valence-corrected chi connectivity index (χ0v) is 12.6. The van der Waals surface area contributed by atoms with E-state index in [2.05, 4.69) is 20.0 Å². The van der Waals surface area contributed by atoms with Crippen molar-refractivity contribution in [2.75, 3.05) is 29.5 Å². The summed E-state index contributed by atoms with van der Waals surface area (Å²) in [7, 11) is 0. The topological polar surface area (TPSA) is 55.1 Å². The van der Waals surface area contributed by atoms with E-state index >= 15 is 0 Å². The van der Waals surface area contributed by atoms with Crippen LogP contribution in [0, 0.1) is 0 Å². The average Bonchev–Trinajstić information content (AvgIpc) is 2.98. The van der Waals surface area contributed by atoms with E-state index in [-0.39, 0.29) is 5.92 Å². The van der Waals surface area contributed by atoms with Crippen LogP contribution in [0.2, 0.25) is 0 Å². The van der Waals surface area contributed by atoms with Gasteiger partial charge in [0.25, 0.3) is 5.89 Å². The van der Waals surface area contributed by atoms with Gasteiger partial charge in [-0.1, -0.05) is 19.0 Å². The van der Waals surface area contributed by atoms with Crippen molar-refractivity contribution < 1.29 is 4.52 Å². The summed E-state index contributed by atoms with van der Waals surface area (Å²) in [5, 5.41) is 3.98. The van der Waals surface area contributed by atoms with E-state index in [0.717, 1.165) is 30.3 Å². The maximum Gasteiger partial charge on any atom is 0.259 e. The SMILES string of the molecule is CC(C)c1noc(-c2ccc(N3CCSCC3)nc2)n1. The van der Waals surface area contributed by atoms with E-state index in [1.54, 1.807) is 0 Å². The van der Waals surface area contributed by atoms with Crippen LogP contribution in [0.25, 0.3) is 11.5 Å². The molecule has 1 fully saturated rings. The van der Waals surface area contributed by atoms with Crippen molar-refractivity contribution in [3.05, 3.63) is 24.2 Å². The van der Waals surface area contributed by atoms with Crippen molar-refractivity contribution in [1.29, 1.82) is 0 Å². The predicted molar refractivity (Wildman–Crippen MR) is 81.2 cm³/mol. The van der Waals surface area contributed by atoms with Gasteiger partial charge in [0.1, 0.15) is 5.82 Å². The standard InChI is InChI=1S/C14H18N4OS/c1-10(2)13-16-14(19-17-13)11-3-4-12(15-9-11)18-5-7-20-8-6-18/h3-4,9-10H,5-8H2,1-2H3. The highest BCUT2D eigenvalue weighted by molar-refractivity contribution is 7.99. The summed E-state index contributed by atoms with van der Waals surface area (Å²) in [4.78, 5) is 11.2. The fourth-order valence-corrected chi connectivity index (χ4v) is 2.98. The van der Waals surface area contributed by atoms with E-state index < -0.39 is 0 Å². The van der Waals surface area contributed by atoms with Crippen LogP contribution < -0.4 is 4.90 Å². The Morgan fingerprint density at radius 2 is 2.05 bits per heavy atom. The molecule has 106 valence electrons. The number of rotatable bonds is 3. The monoisotopic (exact) mass is 290 g/mol. The van der Waals surface area contributed by atoms with Gasteiger partial charge in [-0.15, -0.1) is 0 Å². The van der Waals surface area contributed by atoms with Crippen molar-refractivity contribution in [2.45, 2.75) is 19.8 Å². The Kier molecular flexibility index (Phi) is 3.91. The maximum absolute atomic E-state index is 5.28. The zero-order chi connectivity index (χ0) is 13.9. The molecule has 0 radical (unpaired) electrons. The van der Waals surface area contributed by atoms with Crippen LogP contribution >= 0.6 is 11.8 Å². The van der Waals surface area contributed by atoms with Crippen LogP contribution in [0.4, 0.5) is 5.82 Å². The number of anilines is 1. The molecule has 0 unspecified atom stereocenters. The molecule has 0 saturated carbocycles. The zero-order valence-electron chi connectivity index (χ0n) is 11.7. The van der Waals surface area contributed by atoms with Crippen molar-refractivity contribution in [3.8, 4) is 11.5 Å². The molecule has 20 heavy (non-hydrogen) atoms. The summed E-state index contributed by atoms with van der Waals surface area (Å²) in [6.45, 7) is 6.22. The predicted octanol–water partition coefficient (Wildman–Crippen LogP) is 2.81. The molecule has 6 heteroatoms. The lowest BCUT2D eigenvalue weighted by Gasteiger charge is -2.27. The maximum atomic E-state index is 5.28. The molecule has 0 aromatic carbocycles. The fourth-order valence-electron chi connectivity index (χ4n) is 2.08. The number of hydrogen-bond donors (Lipinski definition) is 0. The average molecular weight is 290 g/mol. The third-order valence-corrected chi connectivity index (χ3v) is 4.23. The molecule has 2 aromatic rings. The second kappa shape index (κ2) is 5.83. The molecular weight excluding hydrogens is 272 g/mol. The first kappa shape index (κ1) is 13.4. The van der Waals surface area contributed by atoms with Crippen molar-refractivity contribution >= 4 is 17.6 Å². The van der Waals surface area contributed by atoms with Gasteiger partial charge in [0, 0.05) is 36.7 Å². The van der Waals surface area contributed by atoms with E-state index in [0.29, 0.717) is 5.89 Å². The Morgan fingerprint density at radius 3 is 2.65 bits per heavy atom. The van der Waals surface area contributed by atoms with Gasteiger partial charge >= 0.3 is 0 Å². The molecule has 0 N–H and O–H groups in total. The highest BCUT2D eigenvalue weighted by Crippen LogP contribution is 2.22. The Balaban J connectivity index is 1.77. The van der Waals surface area contributed by atoms with Crippen molar-refractivity contribution in [1.82, 2.24) is 15.1 Å². The van der Waals surface area contributed by atoms with Gasteiger partial charge in [-0.05, 0) is 12.1 Å². The summed E-state index contributed by atoms with van der Waals surface area (Å²) < 4.78 is 5.28. The Bertz CT molecular complexity index is 561. The third-order valence-electron chi connectivity index (χ3n) is 3.29. The van der Waals surface area contributed by atoms with Crippen LogP contribution in [0.1, 0.15) is 25.6 Å². The molecule has 0 amide bonds. The third kappa shape index (κ3) is 2.80. The van der Waals surface area contributed by atoms with Crippen LogP contribution in [0.3, 0.4) is 0 Å². The first-order chi connectivity index (χ1) is 9.74. The van der Waals surface area contributed by atoms with Gasteiger partial charge in [-0.3, -0.25) is 0 Å². The second-order valence-electron chi connectivity index (χ2n) is 5.12. The number of hydrogen-bond acceptors (Lipinski definition) is 6. The fraction of sp³-hybridized carbons (Fsp3) is 0.500. The number of nitrogens with zero attached hydrogens (tertiary/aromatic N) is 4. The summed E-state index contributed by atoms with van der Waals surface area (Å²) in [6.07, 6.45) is 1.81. The molecule has 2 aromatic heterocycles. The molecule has 3 heterocycles. The number of pyridine rings is 1. The lowest BCUT2D eigenvalue weighted by Crippen LogP contribution is -2.32. The van der Waals surface area contributed by atoms with Crippen LogP contribution in [0.15, 0.2) is 22.9 Å². The molecule has 3 rings (SSSR count). The summed E-state index contributed by atoms with van der Waals surface area (Å²) in [5.41, 5.74) is 0.875. The first-order valence-corrected chi connectivity index (χ1v) is 8.02. The van der Waals surface area contributed by atoms with Gasteiger partial charge in [0.15, 0.2) is 5.82 Å². The smallest absolute Gasteiger partial charge is 0.259 e. The van der Waals surface area contributed by atoms with Gasteiger partial charge in [0.2, 0.25) is 0 Å². The summed E-state index contributed by atoms with van der Waals surface area (Å²) >= 11 is 2.00. The molecule has 0 spiro atoms. The van der Waals surface area contributed by atoms with E-state index in [4.69, 9.17) is 4.52 Å². The number of thioether (sulfide) groups is 1. The minimum atomic E-state index is 0.269. The van der Waals surface area contributed by atoms with Crippen LogP contribution in [-0.4, -0.2) is 39.7 Å². The molecular formula is C14H18N4OS. The molecule has 0 atom stereocenters. The Labute approximate surface area is 122 Å². The van der Waals surface area contributed by atoms with Gasteiger partial charge in [-0.25, -0.2) is 4.98 Å². The van der Waals surface area contributed by atoms with Gasteiger partial charge in [0.05, 0.1) is 5.56 Å². The molecule has 1 saturated heterocycles. The van der Waals surface area contributed by atoms with Crippen molar-refractivity contribution in [2.24, 2.45) is 0 Å². The lowest BCUT2D eigenvalue weighted by molar-refractivity contribution is 0.419. The second-order valence-corrected chi connectivity index (χ2v) is 6.34. The molecule has 1 aliphatic rings. The van der Waals surface area contributed by atoms with Crippen molar-refractivity contribution in [3.63, 3.8) is 0 Å². The molecule has 0 aliphatic carbocycles. The van der Waals surface area contributed by atoms with Gasteiger partial charge < -0.3 is 9.42 Å². The van der Waals surface area contributed by atoms with E-state index in [1.807, 2.05) is 43.9 Å². The molecule has 0 bridgehead atoms. The van der Waals surface area contributed by atoms with Gasteiger partial charge in [-0.2, -0.15) is 16.7 Å². The highest BCUT2D eigenvalue weighted by atomic mass is 32.2. The largest absolute Gasteiger partial charge is 0.355 e. The summed E-state index contributed by atoms with van der Waals surface area (Å²) in [5.74, 6) is 4.91. The normalized spacial score (nSPS) is 15.8. The lowest BCUT2D eigenvalue weighted by atomic mass is 10.2. The van der Waals surface area contributed by atoms with Crippen LogP contribution in [-0.2, 0) is 0 Å². The van der Waals surface area contributed by atoms with E-state index in [1.165, 1.54) is 11.5 Å². The molecule has 5 nitrogen and oxygen atoms in total. The quantitative estimate of drug-likeness (QED) is 0.866. The molecule has 1 aliphatic heterocycles. The van der Waals surface area contributed by atoms with Crippen LogP contribution in [0.5, 0.6) is 0 Å². The Hall–Kier alpha value is -1.56. The minimum Gasteiger partial charge on any atom is -0.355 e. The number of aromatic nitrogens is 3. The highest BCUT2D eigenvalue weighted by Gasteiger charge is 2.14. The summed E-state index contributed by atoms with van der Waals surface area (Å²) in [6, 6.07) is 4.03. The Morgan fingerprint density at radius 1 is 1.25 bits per heavy atom.